The maximum absolute atomic E-state index is 4.53. The number of fused-ring (bicyclic) bond motifs is 8. The molecule has 3 aromatic heterocycles. The molecule has 1 aliphatic heterocycles. The lowest BCUT2D eigenvalue weighted by Crippen LogP contribution is -2.53. The lowest BCUT2D eigenvalue weighted by atomic mass is 9.48. The van der Waals surface area contributed by atoms with E-state index in [1.165, 1.54) is 82.5 Å². The van der Waals surface area contributed by atoms with Gasteiger partial charge in [-0.2, -0.15) is 0 Å². The van der Waals surface area contributed by atoms with Gasteiger partial charge in [0.25, 0.3) is 0 Å². The molecule has 0 radical (unpaired) electrons. The summed E-state index contributed by atoms with van der Waals surface area (Å²) in [4.78, 5) is 4.53. The van der Waals surface area contributed by atoms with E-state index in [2.05, 4.69) is 160 Å². The van der Waals surface area contributed by atoms with Crippen LogP contribution in [0.4, 0.5) is 0 Å². The van der Waals surface area contributed by atoms with Gasteiger partial charge < -0.3 is 9.05 Å². The first-order valence-corrected chi connectivity index (χ1v) is 15.5. The Hall–Kier alpha value is -5.87. The van der Waals surface area contributed by atoms with Crippen molar-refractivity contribution in [2.24, 2.45) is 0 Å². The molecule has 0 spiro atoms. The van der Waals surface area contributed by atoms with Gasteiger partial charge in [-0.05, 0) is 57.4 Å². The zero-order valence-electron chi connectivity index (χ0n) is 24.4. The first-order valence-electron chi connectivity index (χ1n) is 15.5. The Balaban J connectivity index is 1.36. The van der Waals surface area contributed by atoms with Crippen LogP contribution in [0.1, 0.15) is 0 Å². The van der Waals surface area contributed by atoms with Gasteiger partial charge in [0.05, 0.1) is 11.0 Å². The molecule has 0 aliphatic carbocycles. The molecule has 0 fully saturated rings. The summed E-state index contributed by atoms with van der Waals surface area (Å²) in [5.41, 5.74) is 13.6. The van der Waals surface area contributed by atoms with E-state index in [4.69, 9.17) is 0 Å². The van der Waals surface area contributed by atoms with Gasteiger partial charge in [-0.3, -0.25) is 4.98 Å². The summed E-state index contributed by atoms with van der Waals surface area (Å²) in [6.07, 6.45) is 3.92. The van der Waals surface area contributed by atoms with Gasteiger partial charge in [0.15, 0.2) is 0 Å². The number of benzene rings is 6. The topological polar surface area (TPSA) is 22.8 Å². The highest BCUT2D eigenvalue weighted by Crippen LogP contribution is 2.38. The number of hydrogen-bond donors (Lipinski definition) is 0. The van der Waals surface area contributed by atoms with Gasteiger partial charge in [-0.25, -0.2) is 0 Å². The van der Waals surface area contributed by atoms with Crippen molar-refractivity contribution in [1.82, 2.24) is 14.0 Å². The van der Waals surface area contributed by atoms with Crippen molar-refractivity contribution >= 4 is 61.4 Å². The minimum atomic E-state index is -0.0216. The second-order valence-corrected chi connectivity index (χ2v) is 12.0. The van der Waals surface area contributed by atoms with Gasteiger partial charge in [-0.15, -0.1) is 0 Å². The quantitative estimate of drug-likeness (QED) is 0.195. The van der Waals surface area contributed by atoms with Gasteiger partial charge in [0.2, 0.25) is 0 Å². The van der Waals surface area contributed by atoms with E-state index in [0.717, 1.165) is 0 Å². The fraction of sp³-hybridized carbons (Fsp3) is 0. The fourth-order valence-corrected chi connectivity index (χ4v) is 7.72. The van der Waals surface area contributed by atoms with Crippen molar-refractivity contribution in [2.75, 3.05) is 0 Å². The Morgan fingerprint density at radius 3 is 1.76 bits per heavy atom. The Morgan fingerprint density at radius 1 is 0.444 bits per heavy atom. The van der Waals surface area contributed by atoms with Crippen LogP contribution in [0.2, 0.25) is 0 Å². The van der Waals surface area contributed by atoms with Gasteiger partial charge >= 0.3 is 6.85 Å². The Morgan fingerprint density at radius 2 is 1.07 bits per heavy atom. The smallest absolute Gasteiger partial charge is 0.332 e. The van der Waals surface area contributed by atoms with Gasteiger partial charge in [0, 0.05) is 50.7 Å². The average molecular weight is 571 g/mol. The number of para-hydroxylation sites is 2. The molecule has 1 aliphatic rings. The molecule has 0 N–H and O–H groups in total. The van der Waals surface area contributed by atoms with Crippen LogP contribution < -0.4 is 10.9 Å². The zero-order valence-corrected chi connectivity index (χ0v) is 24.4. The molecule has 3 nitrogen and oxygen atoms in total. The molecule has 0 amide bonds. The van der Waals surface area contributed by atoms with Crippen molar-refractivity contribution in [3.63, 3.8) is 0 Å². The molecule has 10 rings (SSSR count). The second-order valence-electron chi connectivity index (χ2n) is 12.0. The second kappa shape index (κ2) is 9.32. The van der Waals surface area contributed by atoms with Crippen molar-refractivity contribution in [2.45, 2.75) is 0 Å². The largest absolute Gasteiger partial charge is 0.376 e. The van der Waals surface area contributed by atoms with Crippen LogP contribution in [-0.4, -0.2) is 20.9 Å². The number of nitrogens with zero attached hydrogens (tertiary/aromatic N) is 3. The summed E-state index contributed by atoms with van der Waals surface area (Å²) in [5.74, 6) is 0. The Labute approximate surface area is 260 Å². The van der Waals surface area contributed by atoms with Crippen LogP contribution >= 0.6 is 0 Å². The van der Waals surface area contributed by atoms with E-state index in [1.807, 2.05) is 12.4 Å². The predicted molar refractivity (Wildman–Crippen MR) is 189 cm³/mol. The molecule has 0 unspecified atom stereocenters. The maximum atomic E-state index is 4.53. The van der Waals surface area contributed by atoms with Crippen LogP contribution in [0.5, 0.6) is 0 Å². The summed E-state index contributed by atoms with van der Waals surface area (Å²) >= 11 is 0. The van der Waals surface area contributed by atoms with E-state index in [0.29, 0.717) is 0 Å². The third-order valence-electron chi connectivity index (χ3n) is 9.66. The number of aromatic nitrogens is 3. The highest BCUT2D eigenvalue weighted by Gasteiger charge is 2.36. The highest BCUT2D eigenvalue weighted by molar-refractivity contribution is 6.88. The molecule has 0 saturated carbocycles. The molecule has 0 bridgehead atoms. The molecule has 0 atom stereocenters. The van der Waals surface area contributed by atoms with Crippen LogP contribution in [0.25, 0.3) is 71.6 Å². The molecule has 208 valence electrons. The number of pyridine rings is 1. The molecule has 6 aromatic carbocycles. The van der Waals surface area contributed by atoms with Gasteiger partial charge in [-0.1, -0.05) is 121 Å². The monoisotopic (exact) mass is 571 g/mol. The number of hydrogen-bond acceptors (Lipinski definition) is 1. The first-order chi connectivity index (χ1) is 22.3. The van der Waals surface area contributed by atoms with Crippen molar-refractivity contribution in [1.29, 1.82) is 0 Å². The van der Waals surface area contributed by atoms with E-state index >= 15 is 0 Å². The third-order valence-corrected chi connectivity index (χ3v) is 9.66. The Kier molecular flexibility index (Phi) is 5.08. The van der Waals surface area contributed by atoms with E-state index in [9.17, 15) is 0 Å². The minimum Gasteiger partial charge on any atom is -0.376 e. The lowest BCUT2D eigenvalue weighted by Gasteiger charge is -2.28. The molecule has 45 heavy (non-hydrogen) atoms. The van der Waals surface area contributed by atoms with E-state index in [1.54, 1.807) is 0 Å². The summed E-state index contributed by atoms with van der Waals surface area (Å²) in [6, 6.07) is 53.3. The summed E-state index contributed by atoms with van der Waals surface area (Å²) in [5, 5.41) is 4.96. The standard InChI is InChI=1S/C41H26BN3/c1-3-10-27(11-4-1)29-18-20-31-32-21-19-30(28-12-5-2-6-13-28)25-40(32)45(39(31)24-29)42-35-15-7-8-17-38(35)44-37-22-23-43-26-34(37)33-14-9-16-36(42)41(33)44/h1-26H. The molecule has 0 saturated heterocycles. The Bertz CT molecular complexity index is 2500. The molecule has 4 heteroatoms. The number of rotatable bonds is 3. The highest BCUT2D eigenvalue weighted by atomic mass is 15.0. The molecular formula is C41H26BN3. The van der Waals surface area contributed by atoms with Crippen LogP contribution in [0.15, 0.2) is 158 Å². The predicted octanol–water partition coefficient (Wildman–Crippen LogP) is 8.59. The van der Waals surface area contributed by atoms with Crippen molar-refractivity contribution in [3.8, 4) is 27.9 Å². The van der Waals surface area contributed by atoms with E-state index in [-0.39, 0.29) is 6.85 Å². The SMILES string of the molecule is c1ccc(-c2ccc3c4ccc(-c5ccccc5)cc4n(B4c5ccccc5-n5c6ccncc6c6cccc4c65)c3c2)cc1. The summed E-state index contributed by atoms with van der Waals surface area (Å²) < 4.78 is 5.06. The first kappa shape index (κ1) is 24.6. The third kappa shape index (κ3) is 3.45. The molecule has 9 aromatic rings. The van der Waals surface area contributed by atoms with Crippen LogP contribution in [0.3, 0.4) is 0 Å². The fourth-order valence-electron chi connectivity index (χ4n) is 7.72. The summed E-state index contributed by atoms with van der Waals surface area (Å²) in [7, 11) is 0. The van der Waals surface area contributed by atoms with E-state index < -0.39 is 0 Å². The maximum Gasteiger partial charge on any atom is 0.332 e. The van der Waals surface area contributed by atoms with Crippen molar-refractivity contribution in [3.05, 3.63) is 158 Å². The molecule has 4 heterocycles. The lowest BCUT2D eigenvalue weighted by molar-refractivity contribution is 1.17. The normalized spacial score (nSPS) is 12.4. The van der Waals surface area contributed by atoms with Crippen LogP contribution in [-0.2, 0) is 0 Å². The average Bonchev–Trinajstić information content (AvgIpc) is 3.62. The van der Waals surface area contributed by atoms with Gasteiger partial charge in [0.1, 0.15) is 0 Å². The zero-order chi connectivity index (χ0) is 29.5. The van der Waals surface area contributed by atoms with Crippen LogP contribution in [0, 0.1) is 0 Å². The summed E-state index contributed by atoms with van der Waals surface area (Å²) in [6.45, 7) is -0.0216. The minimum absolute atomic E-state index is 0.0216. The van der Waals surface area contributed by atoms with Crippen molar-refractivity contribution < 1.29 is 0 Å². The molecular weight excluding hydrogens is 545 g/mol.